The van der Waals surface area contributed by atoms with Gasteiger partial charge in [0.2, 0.25) is 5.91 Å². The number of nitrogens with zero attached hydrogens (tertiary/aromatic N) is 3. The Labute approximate surface area is 136 Å². The molecule has 0 bridgehead atoms. The van der Waals surface area contributed by atoms with Gasteiger partial charge in [-0.3, -0.25) is 9.59 Å². The van der Waals surface area contributed by atoms with E-state index < -0.39 is 0 Å². The Hall–Kier alpha value is -1.76. The molecule has 0 atom stereocenters. The van der Waals surface area contributed by atoms with Gasteiger partial charge in [0.25, 0.3) is 5.91 Å². The molecule has 1 aromatic rings. The first kappa shape index (κ1) is 16.6. The number of hydrogen-bond donors (Lipinski definition) is 0. The van der Waals surface area contributed by atoms with Crippen molar-refractivity contribution in [2.24, 2.45) is 5.10 Å². The predicted molar refractivity (Wildman–Crippen MR) is 84.6 cm³/mol. The molecule has 0 fully saturated rings. The molecule has 5 nitrogen and oxygen atoms in total. The van der Waals surface area contributed by atoms with Crippen LogP contribution < -0.4 is 0 Å². The summed E-state index contributed by atoms with van der Waals surface area (Å²) in [5.41, 5.74) is 0.768. The van der Waals surface area contributed by atoms with Gasteiger partial charge >= 0.3 is 0 Å². The van der Waals surface area contributed by atoms with Crippen LogP contribution in [0.1, 0.15) is 25.3 Å². The molecule has 1 aliphatic heterocycles. The fourth-order valence-electron chi connectivity index (χ4n) is 2.20. The first-order valence-corrected chi connectivity index (χ1v) is 7.79. The monoisotopic (exact) mass is 369 g/mol. The molecule has 2 amide bonds. The molecule has 0 aliphatic carbocycles. The Balaban J connectivity index is 2.18. The van der Waals surface area contributed by atoms with Crippen LogP contribution in [0.4, 0.5) is 4.39 Å². The lowest BCUT2D eigenvalue weighted by Crippen LogP contribution is -2.40. The lowest BCUT2D eigenvalue weighted by atomic mass is 10.1. The van der Waals surface area contributed by atoms with Gasteiger partial charge in [-0.1, -0.05) is 15.9 Å². The van der Waals surface area contributed by atoms with Crippen LogP contribution in [0.15, 0.2) is 27.8 Å². The van der Waals surface area contributed by atoms with Crippen molar-refractivity contribution in [1.82, 2.24) is 9.91 Å². The fraction of sp³-hybridized carbons (Fsp3) is 0.400. The zero-order valence-corrected chi connectivity index (χ0v) is 14.1. The molecule has 0 saturated heterocycles. The Kier molecular flexibility index (Phi) is 5.28. The van der Waals surface area contributed by atoms with Crippen molar-refractivity contribution in [3.05, 3.63) is 34.1 Å². The van der Waals surface area contributed by atoms with Gasteiger partial charge in [-0.25, -0.2) is 9.40 Å². The SMILES string of the molecule is CCN(Cc1cc(Br)ccc1F)C(=O)C1=NN(C)C(=O)CC1. The van der Waals surface area contributed by atoms with Crippen LogP contribution in [0, 0.1) is 5.82 Å². The minimum absolute atomic E-state index is 0.113. The Morgan fingerprint density at radius 2 is 2.18 bits per heavy atom. The number of rotatable bonds is 4. The van der Waals surface area contributed by atoms with Crippen molar-refractivity contribution in [2.45, 2.75) is 26.3 Å². The molecule has 118 valence electrons. The van der Waals surface area contributed by atoms with Gasteiger partial charge in [-0.05, 0) is 25.1 Å². The molecule has 1 aromatic carbocycles. The van der Waals surface area contributed by atoms with Gasteiger partial charge in [-0.15, -0.1) is 0 Å². The molecule has 1 heterocycles. The van der Waals surface area contributed by atoms with Gasteiger partial charge in [0.1, 0.15) is 11.5 Å². The Morgan fingerprint density at radius 3 is 2.82 bits per heavy atom. The van der Waals surface area contributed by atoms with Gasteiger partial charge in [-0.2, -0.15) is 5.10 Å². The Morgan fingerprint density at radius 1 is 1.45 bits per heavy atom. The van der Waals surface area contributed by atoms with Crippen LogP contribution in [0.25, 0.3) is 0 Å². The summed E-state index contributed by atoms with van der Waals surface area (Å²) in [4.78, 5) is 25.4. The maximum absolute atomic E-state index is 13.8. The van der Waals surface area contributed by atoms with Crippen LogP contribution in [0.5, 0.6) is 0 Å². The lowest BCUT2D eigenvalue weighted by molar-refractivity contribution is -0.130. The van der Waals surface area contributed by atoms with Gasteiger partial charge in [0.15, 0.2) is 0 Å². The molecule has 0 aromatic heterocycles. The molecule has 0 spiro atoms. The van der Waals surface area contributed by atoms with Crippen molar-refractivity contribution < 1.29 is 14.0 Å². The third-order valence-corrected chi connectivity index (χ3v) is 3.99. The molecular weight excluding hydrogens is 353 g/mol. The topological polar surface area (TPSA) is 53.0 Å². The molecule has 7 heteroatoms. The standard InChI is InChI=1S/C15H17BrFN3O2/c1-3-20(9-10-8-11(16)4-5-12(10)17)15(22)13-6-7-14(21)19(2)18-13/h4-5,8H,3,6-7,9H2,1-2H3. The molecule has 2 rings (SSSR count). The van der Waals surface area contributed by atoms with Crippen LogP contribution in [-0.4, -0.2) is 41.0 Å². The largest absolute Gasteiger partial charge is 0.333 e. The van der Waals surface area contributed by atoms with E-state index in [1.165, 1.54) is 23.0 Å². The molecule has 0 N–H and O–H groups in total. The number of halogens is 2. The lowest BCUT2D eigenvalue weighted by Gasteiger charge is -2.25. The molecule has 0 radical (unpaired) electrons. The Bertz CT molecular complexity index is 633. The van der Waals surface area contributed by atoms with E-state index in [9.17, 15) is 14.0 Å². The van der Waals surface area contributed by atoms with Crippen LogP contribution in [0.3, 0.4) is 0 Å². The minimum atomic E-state index is -0.354. The van der Waals surface area contributed by atoms with Crippen LogP contribution in [-0.2, 0) is 16.1 Å². The number of amides is 2. The van der Waals surface area contributed by atoms with E-state index in [0.29, 0.717) is 24.2 Å². The zero-order chi connectivity index (χ0) is 16.3. The second kappa shape index (κ2) is 7.00. The second-order valence-electron chi connectivity index (χ2n) is 5.02. The highest BCUT2D eigenvalue weighted by Gasteiger charge is 2.25. The van der Waals surface area contributed by atoms with Crippen molar-refractivity contribution >= 4 is 33.5 Å². The number of carbonyl (C=O) groups is 2. The van der Waals surface area contributed by atoms with E-state index in [1.807, 2.05) is 6.92 Å². The summed E-state index contributed by atoms with van der Waals surface area (Å²) in [5, 5.41) is 5.20. The highest BCUT2D eigenvalue weighted by atomic mass is 79.9. The van der Waals surface area contributed by atoms with Gasteiger partial charge < -0.3 is 4.90 Å². The van der Waals surface area contributed by atoms with Crippen molar-refractivity contribution in [3.63, 3.8) is 0 Å². The first-order chi connectivity index (χ1) is 10.4. The number of hydrogen-bond acceptors (Lipinski definition) is 3. The normalized spacial score (nSPS) is 14.8. The van der Waals surface area contributed by atoms with E-state index in [4.69, 9.17) is 0 Å². The average Bonchev–Trinajstić information content (AvgIpc) is 2.50. The molecule has 0 unspecified atom stereocenters. The van der Waals surface area contributed by atoms with E-state index >= 15 is 0 Å². The summed E-state index contributed by atoms with van der Waals surface area (Å²) in [6.45, 7) is 2.42. The zero-order valence-electron chi connectivity index (χ0n) is 12.5. The fourth-order valence-corrected chi connectivity index (χ4v) is 2.61. The first-order valence-electron chi connectivity index (χ1n) is 6.99. The van der Waals surface area contributed by atoms with Crippen molar-refractivity contribution in [3.8, 4) is 0 Å². The van der Waals surface area contributed by atoms with Gasteiger partial charge in [0.05, 0.1) is 0 Å². The van der Waals surface area contributed by atoms with E-state index in [-0.39, 0.29) is 30.6 Å². The minimum Gasteiger partial charge on any atom is -0.333 e. The van der Waals surface area contributed by atoms with E-state index in [0.717, 1.165) is 4.47 Å². The average molecular weight is 370 g/mol. The third-order valence-electron chi connectivity index (χ3n) is 3.49. The number of benzene rings is 1. The summed E-state index contributed by atoms with van der Waals surface area (Å²) in [5.74, 6) is -0.730. The van der Waals surface area contributed by atoms with Crippen molar-refractivity contribution in [1.29, 1.82) is 0 Å². The van der Waals surface area contributed by atoms with E-state index in [2.05, 4.69) is 21.0 Å². The van der Waals surface area contributed by atoms with Crippen LogP contribution >= 0.6 is 15.9 Å². The smallest absolute Gasteiger partial charge is 0.270 e. The number of hydrazone groups is 1. The maximum Gasteiger partial charge on any atom is 0.270 e. The maximum atomic E-state index is 13.8. The van der Waals surface area contributed by atoms with Crippen molar-refractivity contribution in [2.75, 3.05) is 13.6 Å². The second-order valence-corrected chi connectivity index (χ2v) is 5.93. The summed E-state index contributed by atoms with van der Waals surface area (Å²) in [6.07, 6.45) is 0.587. The summed E-state index contributed by atoms with van der Waals surface area (Å²) < 4.78 is 14.6. The predicted octanol–water partition coefficient (Wildman–Crippen LogP) is 2.54. The third kappa shape index (κ3) is 3.71. The quantitative estimate of drug-likeness (QED) is 0.818. The van der Waals surface area contributed by atoms with Gasteiger partial charge in [0, 0.05) is 43.0 Å². The summed E-state index contributed by atoms with van der Waals surface area (Å²) in [7, 11) is 1.53. The molecule has 1 aliphatic rings. The summed E-state index contributed by atoms with van der Waals surface area (Å²) in [6, 6.07) is 4.63. The molecular formula is C15H17BrFN3O2. The highest BCUT2D eigenvalue weighted by Crippen LogP contribution is 2.18. The molecule has 22 heavy (non-hydrogen) atoms. The summed E-state index contributed by atoms with van der Waals surface area (Å²) >= 11 is 3.30. The number of carbonyl (C=O) groups excluding carboxylic acids is 2. The molecule has 0 saturated carbocycles. The van der Waals surface area contributed by atoms with Crippen LogP contribution in [0.2, 0.25) is 0 Å². The highest BCUT2D eigenvalue weighted by molar-refractivity contribution is 9.10. The van der Waals surface area contributed by atoms with E-state index in [1.54, 1.807) is 12.1 Å².